The molecule has 1 atom stereocenters. The van der Waals surface area contributed by atoms with Gasteiger partial charge in [-0.1, -0.05) is 24.3 Å². The molecular weight excluding hydrogens is 286 g/mol. The van der Waals surface area contributed by atoms with Crippen LogP contribution in [0.5, 0.6) is 0 Å². The van der Waals surface area contributed by atoms with Crippen molar-refractivity contribution in [2.45, 2.75) is 32.9 Å². The molecule has 1 aliphatic heterocycles. The number of aromatic nitrogens is 2. The van der Waals surface area contributed by atoms with E-state index in [-0.39, 0.29) is 5.56 Å². The van der Waals surface area contributed by atoms with Gasteiger partial charge in [-0.15, -0.1) is 0 Å². The third-order valence-electron chi connectivity index (χ3n) is 4.62. The minimum absolute atomic E-state index is 0.0196. The third-order valence-corrected chi connectivity index (χ3v) is 4.62. The number of nitrogens with zero attached hydrogens (tertiary/aromatic N) is 3. The average Bonchev–Trinajstić information content (AvgIpc) is 2.85. The first-order chi connectivity index (χ1) is 11.1. The molecule has 1 aliphatic rings. The number of hydrogen-bond acceptors (Lipinski definition) is 3. The highest BCUT2D eigenvalue weighted by Crippen LogP contribution is 2.32. The lowest BCUT2D eigenvalue weighted by atomic mass is 10.1. The molecule has 0 saturated carbocycles. The summed E-state index contributed by atoms with van der Waals surface area (Å²) in [5, 5.41) is 0. The molecule has 0 N–H and O–H groups in total. The van der Waals surface area contributed by atoms with Crippen molar-refractivity contribution in [3.63, 3.8) is 0 Å². The van der Waals surface area contributed by atoms with Crippen molar-refractivity contribution in [2.24, 2.45) is 0 Å². The Kier molecular flexibility index (Phi) is 3.18. The van der Waals surface area contributed by atoms with Crippen LogP contribution < -0.4 is 10.5 Å². The van der Waals surface area contributed by atoms with Crippen molar-refractivity contribution in [1.29, 1.82) is 0 Å². The van der Waals surface area contributed by atoms with E-state index in [2.05, 4.69) is 36.1 Å². The molecule has 4 nitrogen and oxygen atoms in total. The predicted molar refractivity (Wildman–Crippen MR) is 92.0 cm³/mol. The molecule has 3 aromatic rings. The van der Waals surface area contributed by atoms with E-state index in [0.29, 0.717) is 12.6 Å². The highest BCUT2D eigenvalue weighted by atomic mass is 16.1. The van der Waals surface area contributed by atoms with Gasteiger partial charge in [0, 0.05) is 24.0 Å². The van der Waals surface area contributed by atoms with Crippen molar-refractivity contribution in [2.75, 3.05) is 4.90 Å². The van der Waals surface area contributed by atoms with Gasteiger partial charge in [0.1, 0.15) is 5.65 Å². The number of rotatable bonds is 2. The Morgan fingerprint density at radius 1 is 1.22 bits per heavy atom. The van der Waals surface area contributed by atoms with Crippen molar-refractivity contribution in [1.82, 2.24) is 9.38 Å². The van der Waals surface area contributed by atoms with Crippen molar-refractivity contribution < 1.29 is 0 Å². The Morgan fingerprint density at radius 2 is 2.04 bits per heavy atom. The summed E-state index contributed by atoms with van der Waals surface area (Å²) >= 11 is 0. The van der Waals surface area contributed by atoms with E-state index < -0.39 is 0 Å². The van der Waals surface area contributed by atoms with E-state index in [9.17, 15) is 4.79 Å². The lowest BCUT2D eigenvalue weighted by Gasteiger charge is -2.24. The molecule has 3 heterocycles. The molecular formula is C19H19N3O. The minimum Gasteiger partial charge on any atom is -0.362 e. The zero-order valence-corrected chi connectivity index (χ0v) is 13.4. The van der Waals surface area contributed by atoms with Crippen LogP contribution in [0.25, 0.3) is 5.65 Å². The molecule has 0 bridgehead atoms. The molecule has 4 rings (SSSR count). The lowest BCUT2D eigenvalue weighted by molar-refractivity contribution is 0.664. The summed E-state index contributed by atoms with van der Waals surface area (Å²) in [4.78, 5) is 19.4. The molecule has 0 spiro atoms. The second-order valence-corrected chi connectivity index (χ2v) is 6.28. The SMILES string of the molecule is Cc1cccn2c(=O)cc(CN3c4ccccc4C[C@@H]3C)nc12. The maximum absolute atomic E-state index is 12.4. The first-order valence-corrected chi connectivity index (χ1v) is 7.96. The Balaban J connectivity index is 1.77. The fraction of sp³-hybridized carbons (Fsp3) is 0.263. The average molecular weight is 305 g/mol. The van der Waals surface area contributed by atoms with Crippen LogP contribution in [0.2, 0.25) is 0 Å². The minimum atomic E-state index is -0.0196. The molecule has 2 aromatic heterocycles. The smallest absolute Gasteiger partial charge is 0.258 e. The van der Waals surface area contributed by atoms with Crippen LogP contribution in [-0.2, 0) is 13.0 Å². The molecule has 4 heteroatoms. The standard InChI is InChI=1S/C19H19N3O/c1-13-6-5-9-21-18(23)11-16(20-19(13)21)12-22-14(2)10-15-7-3-4-8-17(15)22/h3-9,11,14H,10,12H2,1-2H3/t14-/m0/s1. The maximum atomic E-state index is 12.4. The van der Waals surface area contributed by atoms with Crippen LogP contribution in [0.3, 0.4) is 0 Å². The molecule has 0 saturated heterocycles. The quantitative estimate of drug-likeness (QED) is 0.730. The maximum Gasteiger partial charge on any atom is 0.258 e. The van der Waals surface area contributed by atoms with Gasteiger partial charge in [-0.05, 0) is 43.5 Å². The molecule has 0 radical (unpaired) electrons. The van der Waals surface area contributed by atoms with Gasteiger partial charge in [-0.2, -0.15) is 0 Å². The van der Waals surface area contributed by atoms with Crippen LogP contribution in [0, 0.1) is 6.92 Å². The fourth-order valence-corrected chi connectivity index (χ4v) is 3.43. The van der Waals surface area contributed by atoms with Gasteiger partial charge in [0.25, 0.3) is 5.56 Å². The van der Waals surface area contributed by atoms with Crippen LogP contribution in [0.15, 0.2) is 53.5 Å². The molecule has 1 aromatic carbocycles. The monoisotopic (exact) mass is 305 g/mol. The number of benzene rings is 1. The van der Waals surface area contributed by atoms with E-state index in [1.807, 2.05) is 19.1 Å². The van der Waals surface area contributed by atoms with Gasteiger partial charge in [0.05, 0.1) is 12.2 Å². The molecule has 23 heavy (non-hydrogen) atoms. The topological polar surface area (TPSA) is 37.6 Å². The second-order valence-electron chi connectivity index (χ2n) is 6.28. The van der Waals surface area contributed by atoms with Gasteiger partial charge >= 0.3 is 0 Å². The van der Waals surface area contributed by atoms with Gasteiger partial charge < -0.3 is 4.90 Å². The normalized spacial score (nSPS) is 16.8. The Labute approximate surface area is 135 Å². The summed E-state index contributed by atoms with van der Waals surface area (Å²) in [6, 6.07) is 14.4. The van der Waals surface area contributed by atoms with Gasteiger partial charge in [0.2, 0.25) is 0 Å². The Bertz CT molecular complexity index is 945. The van der Waals surface area contributed by atoms with E-state index in [4.69, 9.17) is 4.98 Å². The molecule has 116 valence electrons. The Morgan fingerprint density at radius 3 is 2.91 bits per heavy atom. The van der Waals surface area contributed by atoms with Crippen LogP contribution in [0.4, 0.5) is 5.69 Å². The first-order valence-electron chi connectivity index (χ1n) is 7.96. The summed E-state index contributed by atoms with van der Waals surface area (Å²) in [6.07, 6.45) is 2.82. The van der Waals surface area contributed by atoms with Crippen molar-refractivity contribution in [3.8, 4) is 0 Å². The largest absolute Gasteiger partial charge is 0.362 e. The highest BCUT2D eigenvalue weighted by Gasteiger charge is 2.25. The molecule has 0 aliphatic carbocycles. The molecule has 0 fully saturated rings. The highest BCUT2D eigenvalue weighted by molar-refractivity contribution is 5.59. The predicted octanol–water partition coefficient (Wildman–Crippen LogP) is 2.95. The summed E-state index contributed by atoms with van der Waals surface area (Å²) in [5.41, 5.74) is 5.19. The van der Waals surface area contributed by atoms with Gasteiger partial charge in [0.15, 0.2) is 0 Å². The number of fused-ring (bicyclic) bond motifs is 2. The number of hydrogen-bond donors (Lipinski definition) is 0. The number of anilines is 1. The molecule has 0 unspecified atom stereocenters. The van der Waals surface area contributed by atoms with Crippen LogP contribution in [0.1, 0.15) is 23.7 Å². The lowest BCUT2D eigenvalue weighted by Crippen LogP contribution is -2.30. The Hall–Kier alpha value is -2.62. The van der Waals surface area contributed by atoms with Gasteiger partial charge in [-0.3, -0.25) is 9.20 Å². The first kappa shape index (κ1) is 14.0. The van der Waals surface area contributed by atoms with Gasteiger partial charge in [-0.25, -0.2) is 4.98 Å². The number of pyridine rings is 1. The zero-order chi connectivity index (χ0) is 16.0. The summed E-state index contributed by atoms with van der Waals surface area (Å²) in [7, 11) is 0. The fourth-order valence-electron chi connectivity index (χ4n) is 3.43. The summed E-state index contributed by atoms with van der Waals surface area (Å²) in [5.74, 6) is 0. The zero-order valence-electron chi connectivity index (χ0n) is 13.4. The summed E-state index contributed by atoms with van der Waals surface area (Å²) in [6.45, 7) is 4.87. The third kappa shape index (κ3) is 2.31. The van der Waals surface area contributed by atoms with E-state index in [1.54, 1.807) is 16.7 Å². The van der Waals surface area contributed by atoms with Crippen LogP contribution >= 0.6 is 0 Å². The van der Waals surface area contributed by atoms with E-state index >= 15 is 0 Å². The summed E-state index contributed by atoms with van der Waals surface area (Å²) < 4.78 is 1.61. The number of aryl methyl sites for hydroxylation is 1. The van der Waals surface area contributed by atoms with Crippen LogP contribution in [-0.4, -0.2) is 15.4 Å². The van der Waals surface area contributed by atoms with Crippen molar-refractivity contribution in [3.05, 3.63) is 75.8 Å². The second kappa shape index (κ2) is 5.23. The molecule has 0 amide bonds. The number of para-hydroxylation sites is 1. The van der Waals surface area contributed by atoms with Crippen molar-refractivity contribution >= 4 is 11.3 Å². The van der Waals surface area contributed by atoms with E-state index in [0.717, 1.165) is 23.3 Å². The van der Waals surface area contributed by atoms with E-state index in [1.165, 1.54) is 11.3 Å².